The van der Waals surface area contributed by atoms with E-state index < -0.39 is 10.6 Å². The molecule has 4 rings (SSSR count). The molecule has 1 aliphatic heterocycles. The molecule has 0 spiro atoms. The Morgan fingerprint density at radius 3 is 2.62 bits per heavy atom. The van der Waals surface area contributed by atoms with Crippen molar-refractivity contribution in [3.63, 3.8) is 0 Å². The predicted octanol–water partition coefficient (Wildman–Crippen LogP) is 4.13. The number of carbonyl (C=O) groups is 1. The molecule has 1 aromatic carbocycles. The Kier molecular flexibility index (Phi) is 6.74. The Hall–Kier alpha value is -2.54. The number of rotatable bonds is 5. The Balaban J connectivity index is 1.56. The molecule has 3 N–H and O–H groups in total. The van der Waals surface area contributed by atoms with Crippen molar-refractivity contribution >= 4 is 22.2 Å². The van der Waals surface area contributed by atoms with Crippen molar-refractivity contribution in [2.75, 3.05) is 36.0 Å². The number of hydrogen-bond acceptors (Lipinski definition) is 7. The van der Waals surface area contributed by atoms with Gasteiger partial charge in [-0.25, -0.2) is 4.98 Å². The SMILES string of the molecule is Cc1nc([C@@H]2CCCC[C@H]2C(=O)NCC#N)c(-c2ccc(N3CCS(O)(O)CC3)cc2)o1. The third kappa shape index (κ3) is 4.93. The van der Waals surface area contributed by atoms with E-state index >= 15 is 0 Å². The fourth-order valence-electron chi connectivity index (χ4n) is 4.74. The first-order valence-electron chi connectivity index (χ1n) is 11.1. The summed E-state index contributed by atoms with van der Waals surface area (Å²) in [6.45, 7) is 3.08. The van der Waals surface area contributed by atoms with E-state index in [1.807, 2.05) is 37.3 Å². The molecule has 172 valence electrons. The van der Waals surface area contributed by atoms with Gasteiger partial charge in [-0.2, -0.15) is 15.9 Å². The standard InChI is InChI=1S/C23H30N4O4S/c1-16-26-21(19-4-2-3-5-20(19)23(28)25-11-10-24)22(31-16)17-6-8-18(9-7-17)27-12-14-32(29,30)15-13-27/h6-9,19-20,29-30H,2-5,11-15H2,1H3,(H,25,28)/t19-,20-/m1/s1. The zero-order valence-corrected chi connectivity index (χ0v) is 19.1. The first kappa shape index (κ1) is 22.6. The van der Waals surface area contributed by atoms with Gasteiger partial charge in [-0.05, 0) is 37.1 Å². The minimum atomic E-state index is -2.42. The van der Waals surface area contributed by atoms with Crippen LogP contribution >= 0.6 is 10.6 Å². The number of hydrogen-bond donors (Lipinski definition) is 3. The highest BCUT2D eigenvalue weighted by atomic mass is 32.3. The first-order chi connectivity index (χ1) is 15.4. The summed E-state index contributed by atoms with van der Waals surface area (Å²) in [4.78, 5) is 19.5. The Morgan fingerprint density at radius 2 is 1.94 bits per heavy atom. The second kappa shape index (κ2) is 9.53. The topological polar surface area (TPSA) is 123 Å². The Labute approximate surface area is 190 Å². The molecule has 1 saturated carbocycles. The molecule has 9 heteroatoms. The van der Waals surface area contributed by atoms with Gasteiger partial charge in [0.05, 0.1) is 23.3 Å². The molecule has 1 aromatic heterocycles. The summed E-state index contributed by atoms with van der Waals surface area (Å²) in [6.07, 6.45) is 3.66. The van der Waals surface area contributed by atoms with Crippen molar-refractivity contribution in [2.24, 2.45) is 5.92 Å². The van der Waals surface area contributed by atoms with E-state index in [0.29, 0.717) is 36.2 Å². The van der Waals surface area contributed by atoms with Crippen LogP contribution in [0.15, 0.2) is 28.7 Å². The van der Waals surface area contributed by atoms with Gasteiger partial charge in [-0.15, -0.1) is 0 Å². The van der Waals surface area contributed by atoms with Crippen LogP contribution in [0, 0.1) is 24.2 Å². The molecular weight excluding hydrogens is 428 g/mol. The highest BCUT2D eigenvalue weighted by molar-refractivity contribution is 8.24. The fourth-order valence-corrected chi connectivity index (χ4v) is 5.97. The van der Waals surface area contributed by atoms with Gasteiger partial charge in [0.1, 0.15) is 6.54 Å². The third-order valence-electron chi connectivity index (χ3n) is 6.43. The van der Waals surface area contributed by atoms with E-state index in [4.69, 9.17) is 9.68 Å². The number of aromatic nitrogens is 1. The number of benzene rings is 1. The average Bonchev–Trinajstić information content (AvgIpc) is 3.19. The zero-order valence-electron chi connectivity index (χ0n) is 18.3. The second-order valence-electron chi connectivity index (χ2n) is 8.56. The molecule has 8 nitrogen and oxygen atoms in total. The van der Waals surface area contributed by atoms with E-state index in [9.17, 15) is 13.9 Å². The number of nitrogens with one attached hydrogen (secondary N) is 1. The summed E-state index contributed by atoms with van der Waals surface area (Å²) < 4.78 is 25.7. The number of amides is 1. The maximum absolute atomic E-state index is 12.7. The number of anilines is 1. The monoisotopic (exact) mass is 458 g/mol. The van der Waals surface area contributed by atoms with Crippen molar-refractivity contribution in [1.82, 2.24) is 10.3 Å². The molecular formula is C23H30N4O4S. The quantitative estimate of drug-likeness (QED) is 0.576. The smallest absolute Gasteiger partial charge is 0.224 e. The van der Waals surface area contributed by atoms with Crippen LogP contribution < -0.4 is 10.2 Å². The van der Waals surface area contributed by atoms with E-state index in [-0.39, 0.29) is 24.3 Å². The normalized spacial score (nSPS) is 23.9. The lowest BCUT2D eigenvalue weighted by Crippen LogP contribution is -2.38. The number of oxazole rings is 1. The molecule has 0 bridgehead atoms. The Bertz CT molecular complexity index is 988. The highest BCUT2D eigenvalue weighted by Gasteiger charge is 2.36. The molecule has 2 atom stereocenters. The van der Waals surface area contributed by atoms with Gasteiger partial charge in [0.25, 0.3) is 0 Å². The minimum absolute atomic E-state index is 0.0138. The van der Waals surface area contributed by atoms with Crippen LogP contribution in [0.2, 0.25) is 0 Å². The highest BCUT2D eigenvalue weighted by Crippen LogP contribution is 2.43. The van der Waals surface area contributed by atoms with Crippen LogP contribution in [-0.4, -0.2) is 51.1 Å². The molecule has 0 radical (unpaired) electrons. The lowest BCUT2D eigenvalue weighted by molar-refractivity contribution is -0.126. The summed E-state index contributed by atoms with van der Waals surface area (Å²) >= 11 is 0. The lowest BCUT2D eigenvalue weighted by atomic mass is 9.76. The molecule has 2 heterocycles. The van der Waals surface area contributed by atoms with E-state index in [1.165, 1.54) is 0 Å². The van der Waals surface area contributed by atoms with E-state index in [2.05, 4.69) is 15.2 Å². The number of nitriles is 1. The molecule has 0 unspecified atom stereocenters. The van der Waals surface area contributed by atoms with E-state index in [0.717, 1.165) is 42.6 Å². The maximum atomic E-state index is 12.7. The zero-order chi connectivity index (χ0) is 22.7. The largest absolute Gasteiger partial charge is 0.441 e. The lowest BCUT2D eigenvalue weighted by Gasteiger charge is -2.41. The first-order valence-corrected chi connectivity index (χ1v) is 13.0. The van der Waals surface area contributed by atoms with Gasteiger partial charge in [-0.1, -0.05) is 12.8 Å². The number of nitrogens with zero attached hydrogens (tertiary/aromatic N) is 3. The van der Waals surface area contributed by atoms with Crippen LogP contribution in [-0.2, 0) is 4.79 Å². The molecule has 1 saturated heterocycles. The summed E-state index contributed by atoms with van der Waals surface area (Å²) in [5, 5.41) is 11.5. The van der Waals surface area contributed by atoms with Crippen LogP contribution in [0.4, 0.5) is 5.69 Å². The molecule has 2 fully saturated rings. The third-order valence-corrected chi connectivity index (χ3v) is 8.10. The van der Waals surface area contributed by atoms with Crippen LogP contribution in [0.25, 0.3) is 11.3 Å². The molecule has 32 heavy (non-hydrogen) atoms. The molecule has 2 aromatic rings. The summed E-state index contributed by atoms with van der Waals surface area (Å²) in [5.74, 6) is 1.73. The van der Waals surface area contributed by atoms with Gasteiger partial charge in [0.15, 0.2) is 11.7 Å². The van der Waals surface area contributed by atoms with Gasteiger partial charge < -0.3 is 14.6 Å². The van der Waals surface area contributed by atoms with Crippen molar-refractivity contribution in [2.45, 2.75) is 38.5 Å². The fraction of sp³-hybridized carbons (Fsp3) is 0.522. The second-order valence-corrected chi connectivity index (χ2v) is 11.0. The van der Waals surface area contributed by atoms with Gasteiger partial charge in [-0.3, -0.25) is 13.9 Å². The van der Waals surface area contributed by atoms with Crippen LogP contribution in [0.1, 0.15) is 43.2 Å². The van der Waals surface area contributed by atoms with Gasteiger partial charge in [0.2, 0.25) is 5.91 Å². The predicted molar refractivity (Wildman–Crippen MR) is 125 cm³/mol. The van der Waals surface area contributed by atoms with Crippen molar-refractivity contribution in [1.29, 1.82) is 5.26 Å². The molecule has 1 aliphatic carbocycles. The maximum Gasteiger partial charge on any atom is 0.224 e. The van der Waals surface area contributed by atoms with Crippen molar-refractivity contribution < 1.29 is 18.3 Å². The Morgan fingerprint density at radius 1 is 1.25 bits per heavy atom. The molecule has 1 amide bonds. The summed E-state index contributed by atoms with van der Waals surface area (Å²) in [7, 11) is -2.42. The molecule has 2 aliphatic rings. The van der Waals surface area contributed by atoms with E-state index in [1.54, 1.807) is 0 Å². The van der Waals surface area contributed by atoms with Crippen molar-refractivity contribution in [3.8, 4) is 17.4 Å². The van der Waals surface area contributed by atoms with Gasteiger partial charge >= 0.3 is 0 Å². The number of carbonyl (C=O) groups excluding carboxylic acids is 1. The summed E-state index contributed by atoms with van der Waals surface area (Å²) in [5.41, 5.74) is 2.76. The van der Waals surface area contributed by atoms with Crippen molar-refractivity contribution in [3.05, 3.63) is 35.9 Å². The van der Waals surface area contributed by atoms with Crippen LogP contribution in [0.5, 0.6) is 0 Å². The minimum Gasteiger partial charge on any atom is -0.441 e. The average molecular weight is 459 g/mol. The van der Waals surface area contributed by atoms with Gasteiger partial charge in [0, 0.05) is 43.1 Å². The van der Waals surface area contributed by atoms with Crippen LogP contribution in [0.3, 0.4) is 0 Å². The number of aryl methyl sites for hydroxylation is 1. The summed E-state index contributed by atoms with van der Waals surface area (Å²) in [6, 6.07) is 10.0.